The molecule has 0 saturated carbocycles. The predicted octanol–water partition coefficient (Wildman–Crippen LogP) is 5.43. The monoisotopic (exact) mass is 514 g/mol. The highest BCUT2D eigenvalue weighted by molar-refractivity contribution is 6.12. The minimum absolute atomic E-state index is 0.226. The quantitative estimate of drug-likeness (QED) is 0.347. The van der Waals surface area contributed by atoms with Crippen molar-refractivity contribution in [2.75, 3.05) is 20.2 Å². The number of carbonyl (C=O) groups excluding carboxylic acids is 3. The van der Waals surface area contributed by atoms with Gasteiger partial charge >= 0.3 is 5.97 Å². The van der Waals surface area contributed by atoms with E-state index in [1.165, 1.54) is 19.2 Å². The van der Waals surface area contributed by atoms with E-state index < -0.39 is 6.04 Å². The molecule has 0 bridgehead atoms. The van der Waals surface area contributed by atoms with Crippen LogP contribution < -0.4 is 5.32 Å². The van der Waals surface area contributed by atoms with E-state index in [1.807, 2.05) is 18.2 Å². The summed E-state index contributed by atoms with van der Waals surface area (Å²) in [5, 5.41) is 3.25. The zero-order valence-electron chi connectivity index (χ0n) is 21.1. The molecule has 38 heavy (non-hydrogen) atoms. The Morgan fingerprint density at radius 2 is 1.76 bits per heavy atom. The number of nitrogens with zero attached hydrogens (tertiary/aromatic N) is 1. The Kier molecular flexibility index (Phi) is 6.96. The second-order valence-corrected chi connectivity index (χ2v) is 9.09. The number of esters is 1. The minimum Gasteiger partial charge on any atom is -0.464 e. The Labute approximate surface area is 219 Å². The first-order valence-corrected chi connectivity index (χ1v) is 12.5. The average molecular weight is 515 g/mol. The molecule has 1 aliphatic heterocycles. The highest BCUT2D eigenvalue weighted by atomic mass is 19.1. The molecule has 0 unspecified atom stereocenters. The molecule has 2 amide bonds. The van der Waals surface area contributed by atoms with Crippen molar-refractivity contribution < 1.29 is 27.9 Å². The number of furan rings is 1. The zero-order chi connectivity index (χ0) is 26.8. The molecular formula is C30H27FN2O5. The van der Waals surface area contributed by atoms with Crippen LogP contribution in [-0.4, -0.2) is 48.9 Å². The summed E-state index contributed by atoms with van der Waals surface area (Å²) >= 11 is 0. The fraction of sp³-hybridized carbons (Fsp3) is 0.233. The van der Waals surface area contributed by atoms with E-state index >= 15 is 0 Å². The molecule has 1 aliphatic rings. The smallest absolute Gasteiger partial charge is 0.328 e. The largest absolute Gasteiger partial charge is 0.464 e. The zero-order valence-corrected chi connectivity index (χ0v) is 21.1. The van der Waals surface area contributed by atoms with E-state index in [0.29, 0.717) is 46.4 Å². The Morgan fingerprint density at radius 3 is 2.50 bits per heavy atom. The van der Waals surface area contributed by atoms with E-state index in [1.54, 1.807) is 48.2 Å². The molecule has 1 atom stereocenters. The maximum Gasteiger partial charge on any atom is 0.328 e. The summed E-state index contributed by atoms with van der Waals surface area (Å²) in [7, 11) is 1.54. The molecule has 0 spiro atoms. The van der Waals surface area contributed by atoms with Gasteiger partial charge in [0.2, 0.25) is 0 Å². The van der Waals surface area contributed by atoms with E-state index in [0.717, 1.165) is 17.5 Å². The van der Waals surface area contributed by atoms with Crippen LogP contribution in [0.4, 0.5) is 4.39 Å². The molecule has 1 aromatic heterocycles. The van der Waals surface area contributed by atoms with E-state index in [9.17, 15) is 18.8 Å². The number of amides is 2. The van der Waals surface area contributed by atoms with Gasteiger partial charge in [0.05, 0.1) is 12.2 Å². The van der Waals surface area contributed by atoms with Gasteiger partial charge in [-0.1, -0.05) is 18.2 Å². The van der Waals surface area contributed by atoms with Crippen LogP contribution in [0.15, 0.2) is 71.1 Å². The molecule has 2 heterocycles. The van der Waals surface area contributed by atoms with Gasteiger partial charge in [-0.2, -0.15) is 0 Å². The van der Waals surface area contributed by atoms with Crippen LogP contribution in [0.5, 0.6) is 0 Å². The van der Waals surface area contributed by atoms with Crippen LogP contribution in [0.2, 0.25) is 0 Å². The van der Waals surface area contributed by atoms with Crippen LogP contribution in [0.1, 0.15) is 40.5 Å². The first-order valence-electron chi connectivity index (χ1n) is 12.5. The van der Waals surface area contributed by atoms with Gasteiger partial charge in [-0.25, -0.2) is 9.18 Å². The normalized spacial score (nSPS) is 15.0. The predicted molar refractivity (Wildman–Crippen MR) is 141 cm³/mol. The molecule has 5 rings (SSSR count). The third-order valence-electron chi connectivity index (χ3n) is 6.76. The summed E-state index contributed by atoms with van der Waals surface area (Å²) < 4.78 is 24.7. The Morgan fingerprint density at radius 1 is 1.03 bits per heavy atom. The van der Waals surface area contributed by atoms with Crippen molar-refractivity contribution in [3.63, 3.8) is 0 Å². The highest BCUT2D eigenvalue weighted by Crippen LogP contribution is 2.36. The van der Waals surface area contributed by atoms with Crippen molar-refractivity contribution in [3.8, 4) is 22.5 Å². The van der Waals surface area contributed by atoms with Crippen molar-refractivity contribution in [1.29, 1.82) is 0 Å². The molecule has 0 radical (unpaired) electrons. The number of likely N-dealkylation sites (tertiary alicyclic amines) is 1. The van der Waals surface area contributed by atoms with Crippen molar-refractivity contribution in [3.05, 3.63) is 83.7 Å². The molecule has 7 nitrogen and oxygen atoms in total. The molecule has 1 saturated heterocycles. The van der Waals surface area contributed by atoms with Gasteiger partial charge in [-0.05, 0) is 79.4 Å². The van der Waals surface area contributed by atoms with Gasteiger partial charge in [0.15, 0.2) is 0 Å². The van der Waals surface area contributed by atoms with Gasteiger partial charge in [-0.15, -0.1) is 0 Å². The molecular weight excluding hydrogens is 487 g/mol. The standard InChI is InChI=1S/C30H27FN2O5/c1-3-37-30(36)24-8-5-15-33(24)29(35)21-7-4-6-19(16-21)20-11-14-25-23(17-20)26(28(34)32-2)27(38-25)18-9-12-22(31)13-10-18/h4,6-7,9-14,16-17,24H,3,5,8,15H2,1-2H3,(H,32,34)/t24-/m0/s1. The average Bonchev–Trinajstić information content (AvgIpc) is 3.58. The summed E-state index contributed by atoms with van der Waals surface area (Å²) in [5.74, 6) is -0.969. The van der Waals surface area contributed by atoms with Crippen molar-refractivity contribution in [2.45, 2.75) is 25.8 Å². The van der Waals surface area contributed by atoms with Crippen LogP contribution in [0, 0.1) is 5.82 Å². The van der Waals surface area contributed by atoms with Crippen molar-refractivity contribution in [1.82, 2.24) is 10.2 Å². The van der Waals surface area contributed by atoms with Gasteiger partial charge in [0.1, 0.15) is 23.2 Å². The Hall–Kier alpha value is -4.46. The van der Waals surface area contributed by atoms with Crippen LogP contribution >= 0.6 is 0 Å². The summed E-state index contributed by atoms with van der Waals surface area (Å²) in [6.45, 7) is 2.51. The minimum atomic E-state index is -0.576. The number of halogens is 1. The Bertz CT molecular complexity index is 1530. The molecule has 1 N–H and O–H groups in total. The first kappa shape index (κ1) is 25.2. The van der Waals surface area contributed by atoms with Gasteiger partial charge in [0.25, 0.3) is 11.8 Å². The molecule has 4 aromatic rings. The number of benzene rings is 3. The van der Waals surface area contributed by atoms with Crippen LogP contribution in [0.25, 0.3) is 33.4 Å². The second-order valence-electron chi connectivity index (χ2n) is 9.09. The number of fused-ring (bicyclic) bond motifs is 1. The van der Waals surface area contributed by atoms with E-state index in [2.05, 4.69) is 5.32 Å². The number of rotatable bonds is 6. The lowest BCUT2D eigenvalue weighted by Crippen LogP contribution is -2.41. The van der Waals surface area contributed by atoms with Gasteiger partial charge in [-0.3, -0.25) is 9.59 Å². The van der Waals surface area contributed by atoms with Gasteiger partial charge < -0.3 is 19.4 Å². The third-order valence-corrected chi connectivity index (χ3v) is 6.76. The van der Waals surface area contributed by atoms with Gasteiger partial charge in [0, 0.05) is 30.1 Å². The summed E-state index contributed by atoms with van der Waals surface area (Å²) in [5.41, 5.74) is 3.46. The fourth-order valence-electron chi connectivity index (χ4n) is 4.92. The summed E-state index contributed by atoms with van der Waals surface area (Å²) in [6, 6.07) is 17.8. The molecule has 8 heteroatoms. The lowest BCUT2D eigenvalue weighted by Gasteiger charge is -2.23. The second kappa shape index (κ2) is 10.5. The molecule has 3 aromatic carbocycles. The SMILES string of the molecule is CCOC(=O)[C@@H]1CCCN1C(=O)c1cccc(-c2ccc3oc(-c4ccc(F)cc4)c(C(=O)NC)c3c2)c1. The van der Waals surface area contributed by atoms with Crippen LogP contribution in [-0.2, 0) is 9.53 Å². The highest BCUT2D eigenvalue weighted by Gasteiger charge is 2.35. The molecule has 0 aliphatic carbocycles. The number of hydrogen-bond acceptors (Lipinski definition) is 5. The molecule has 194 valence electrons. The lowest BCUT2D eigenvalue weighted by molar-refractivity contribution is -0.147. The van der Waals surface area contributed by atoms with E-state index in [-0.39, 0.29) is 30.2 Å². The molecule has 1 fully saturated rings. The lowest BCUT2D eigenvalue weighted by atomic mass is 9.98. The van der Waals surface area contributed by atoms with Crippen molar-refractivity contribution >= 4 is 28.8 Å². The number of hydrogen-bond donors (Lipinski definition) is 1. The number of carbonyl (C=O) groups is 3. The third kappa shape index (κ3) is 4.65. The van der Waals surface area contributed by atoms with Crippen LogP contribution in [0.3, 0.4) is 0 Å². The first-order chi connectivity index (χ1) is 18.4. The number of ether oxygens (including phenoxy) is 1. The topological polar surface area (TPSA) is 88.8 Å². The summed E-state index contributed by atoms with van der Waals surface area (Å²) in [4.78, 5) is 40.2. The van der Waals surface area contributed by atoms with E-state index in [4.69, 9.17) is 9.15 Å². The maximum atomic E-state index is 13.5. The number of nitrogens with one attached hydrogen (secondary N) is 1. The maximum absolute atomic E-state index is 13.5. The van der Waals surface area contributed by atoms with Crippen molar-refractivity contribution in [2.24, 2.45) is 0 Å². The summed E-state index contributed by atoms with van der Waals surface area (Å²) in [6.07, 6.45) is 1.32. The Balaban J connectivity index is 1.52. The fourth-order valence-corrected chi connectivity index (χ4v) is 4.92.